The van der Waals surface area contributed by atoms with E-state index in [1.807, 2.05) is 19.9 Å². The highest BCUT2D eigenvalue weighted by Crippen LogP contribution is 2.52. The van der Waals surface area contributed by atoms with Gasteiger partial charge in [-0.3, -0.25) is 0 Å². The van der Waals surface area contributed by atoms with E-state index in [1.165, 1.54) is 11.1 Å². The van der Waals surface area contributed by atoms with E-state index in [2.05, 4.69) is 31.7 Å². The number of hydrogen-bond donors (Lipinski definition) is 1. The van der Waals surface area contributed by atoms with Crippen LogP contribution < -0.4 is 4.74 Å². The van der Waals surface area contributed by atoms with Gasteiger partial charge in [-0.2, -0.15) is 0 Å². The van der Waals surface area contributed by atoms with Crippen LogP contribution in [0.2, 0.25) is 0 Å². The summed E-state index contributed by atoms with van der Waals surface area (Å²) in [5, 5.41) is 14.9. The van der Waals surface area contributed by atoms with E-state index >= 15 is 0 Å². The second kappa shape index (κ2) is 9.25. The molecular formula is C26H37NO4. The third-order valence-electron chi connectivity index (χ3n) is 7.41. The number of rotatable bonds is 9. The molecule has 0 radical (unpaired) electrons. The maximum absolute atomic E-state index is 11.7. The maximum atomic E-state index is 11.7. The Hall–Kier alpha value is -1.98. The van der Waals surface area contributed by atoms with Crippen LogP contribution in [0.25, 0.3) is 0 Å². The zero-order chi connectivity index (χ0) is 22.8. The fourth-order valence-electron chi connectivity index (χ4n) is 5.47. The molecule has 4 atom stereocenters. The number of benzene rings is 1. The van der Waals surface area contributed by atoms with Crippen LogP contribution in [-0.4, -0.2) is 29.5 Å². The minimum absolute atomic E-state index is 0.162. The molecule has 2 aliphatic rings. The number of fused-ring (bicyclic) bond motifs is 1. The van der Waals surface area contributed by atoms with Crippen molar-refractivity contribution in [3.63, 3.8) is 0 Å². The van der Waals surface area contributed by atoms with Gasteiger partial charge < -0.3 is 14.6 Å². The molecule has 1 heterocycles. The van der Waals surface area contributed by atoms with Crippen molar-refractivity contribution in [3.8, 4) is 5.75 Å². The van der Waals surface area contributed by atoms with Crippen molar-refractivity contribution in [2.24, 2.45) is 11.1 Å². The van der Waals surface area contributed by atoms with Gasteiger partial charge in [-0.25, -0.2) is 0 Å². The lowest BCUT2D eigenvalue weighted by Crippen LogP contribution is -2.60. The molecule has 0 spiro atoms. The Kier molecular flexibility index (Phi) is 7.07. The molecule has 0 bridgehead atoms. The lowest BCUT2D eigenvalue weighted by atomic mass is 9.63. The molecule has 5 nitrogen and oxygen atoms in total. The molecule has 5 heteroatoms. The molecule has 4 unspecified atom stereocenters. The van der Waals surface area contributed by atoms with Crippen molar-refractivity contribution in [2.75, 3.05) is 7.11 Å². The monoisotopic (exact) mass is 427 g/mol. The molecule has 1 aliphatic heterocycles. The SMILES string of the molecule is C=C(C)C1=CCC(OC)(C2Cc3c(CC)ccc(N=O)c3O2)C(C(C)(O)CCCC)C1. The van der Waals surface area contributed by atoms with Crippen molar-refractivity contribution in [3.05, 3.63) is 52.0 Å². The lowest BCUT2D eigenvalue weighted by molar-refractivity contribution is -0.179. The van der Waals surface area contributed by atoms with Gasteiger partial charge in [-0.15, -0.1) is 4.91 Å². The van der Waals surface area contributed by atoms with E-state index in [4.69, 9.17) is 9.47 Å². The fourth-order valence-corrected chi connectivity index (χ4v) is 5.47. The average Bonchev–Trinajstić information content (AvgIpc) is 3.22. The Morgan fingerprint density at radius 2 is 2.13 bits per heavy atom. The van der Waals surface area contributed by atoms with Gasteiger partial charge in [0.2, 0.25) is 0 Å². The van der Waals surface area contributed by atoms with Crippen molar-refractivity contribution in [1.82, 2.24) is 0 Å². The standard InChI is InChI=1S/C26H37NO4/c1-7-9-13-25(5,28)22-15-19(17(3)4)12-14-26(22,30-6)23-16-20-18(8-2)10-11-21(27-29)24(20)31-23/h10-12,22-23,28H,3,7-9,13-16H2,1-2,4-6H3. The van der Waals surface area contributed by atoms with Gasteiger partial charge in [-0.05, 0) is 61.9 Å². The number of nitrogens with zero attached hydrogens (tertiary/aromatic N) is 1. The highest BCUT2D eigenvalue weighted by atomic mass is 16.6. The molecule has 0 amide bonds. The molecule has 0 fully saturated rings. The van der Waals surface area contributed by atoms with Gasteiger partial charge in [0.1, 0.15) is 17.4 Å². The minimum Gasteiger partial charge on any atom is -0.484 e. The second-order valence-electron chi connectivity index (χ2n) is 9.40. The first-order chi connectivity index (χ1) is 14.7. The number of unbranched alkanes of at least 4 members (excludes halogenated alkanes) is 1. The molecule has 31 heavy (non-hydrogen) atoms. The highest BCUT2D eigenvalue weighted by molar-refractivity contribution is 5.61. The van der Waals surface area contributed by atoms with Crippen molar-refractivity contribution in [1.29, 1.82) is 0 Å². The first kappa shape index (κ1) is 23.7. The van der Waals surface area contributed by atoms with E-state index in [1.54, 1.807) is 13.2 Å². The molecule has 0 saturated carbocycles. The molecule has 3 rings (SSSR count). The zero-order valence-corrected chi connectivity index (χ0v) is 19.7. The third-order valence-corrected chi connectivity index (χ3v) is 7.41. The Bertz CT molecular complexity index is 872. The average molecular weight is 428 g/mol. The van der Waals surface area contributed by atoms with E-state index < -0.39 is 11.2 Å². The summed E-state index contributed by atoms with van der Waals surface area (Å²) in [4.78, 5) is 11.4. The Morgan fingerprint density at radius 3 is 2.71 bits per heavy atom. The van der Waals surface area contributed by atoms with Crippen LogP contribution in [0, 0.1) is 10.8 Å². The van der Waals surface area contributed by atoms with Gasteiger partial charge in [0.25, 0.3) is 0 Å². The van der Waals surface area contributed by atoms with Crippen LogP contribution in [0.3, 0.4) is 0 Å². The molecule has 0 saturated heterocycles. The smallest absolute Gasteiger partial charge is 0.152 e. The van der Waals surface area contributed by atoms with Gasteiger partial charge in [-0.1, -0.05) is 51.0 Å². The number of methoxy groups -OCH3 is 1. The zero-order valence-electron chi connectivity index (χ0n) is 19.7. The molecule has 170 valence electrons. The topological polar surface area (TPSA) is 68.1 Å². The summed E-state index contributed by atoms with van der Waals surface area (Å²) in [6.07, 6.45) is 7.36. The second-order valence-corrected chi connectivity index (χ2v) is 9.40. The van der Waals surface area contributed by atoms with Crippen molar-refractivity contribution >= 4 is 5.69 Å². The largest absolute Gasteiger partial charge is 0.484 e. The van der Waals surface area contributed by atoms with Crippen LogP contribution in [0.1, 0.15) is 70.9 Å². The third kappa shape index (κ3) is 4.22. The minimum atomic E-state index is -0.918. The maximum Gasteiger partial charge on any atom is 0.152 e. The van der Waals surface area contributed by atoms with Crippen LogP contribution in [0.4, 0.5) is 5.69 Å². The highest BCUT2D eigenvalue weighted by Gasteiger charge is 2.56. The van der Waals surface area contributed by atoms with Crippen molar-refractivity contribution in [2.45, 2.75) is 89.9 Å². The van der Waals surface area contributed by atoms with Crippen molar-refractivity contribution < 1.29 is 14.6 Å². The predicted octanol–water partition coefficient (Wildman–Crippen LogP) is 6.19. The molecule has 1 aromatic rings. The normalized spacial score (nSPS) is 27.1. The van der Waals surface area contributed by atoms with Gasteiger partial charge in [0, 0.05) is 25.0 Å². The van der Waals surface area contributed by atoms with Crippen LogP contribution in [-0.2, 0) is 17.6 Å². The number of hydrogen-bond acceptors (Lipinski definition) is 5. The van der Waals surface area contributed by atoms with E-state index in [0.717, 1.165) is 30.4 Å². The Balaban J connectivity index is 2.06. The Morgan fingerprint density at radius 1 is 1.39 bits per heavy atom. The molecule has 0 aromatic heterocycles. The number of allylic oxidation sites excluding steroid dienone is 2. The lowest BCUT2D eigenvalue weighted by Gasteiger charge is -2.51. The summed E-state index contributed by atoms with van der Waals surface area (Å²) in [5.74, 6) is 0.419. The predicted molar refractivity (Wildman–Crippen MR) is 125 cm³/mol. The van der Waals surface area contributed by atoms with Crippen LogP contribution in [0.5, 0.6) is 5.75 Å². The van der Waals surface area contributed by atoms with E-state index in [9.17, 15) is 10.0 Å². The van der Waals surface area contributed by atoms with Crippen LogP contribution in [0.15, 0.2) is 41.1 Å². The molecular weight excluding hydrogens is 390 g/mol. The molecule has 1 aromatic carbocycles. The first-order valence-electron chi connectivity index (χ1n) is 11.5. The summed E-state index contributed by atoms with van der Waals surface area (Å²) >= 11 is 0. The number of aliphatic hydroxyl groups is 1. The fraction of sp³-hybridized carbons (Fsp3) is 0.615. The van der Waals surface area contributed by atoms with E-state index in [0.29, 0.717) is 37.1 Å². The number of nitroso groups, excluding NO2 is 1. The van der Waals surface area contributed by atoms with Gasteiger partial charge in [0.05, 0.1) is 5.60 Å². The van der Waals surface area contributed by atoms with Crippen LogP contribution >= 0.6 is 0 Å². The first-order valence-corrected chi connectivity index (χ1v) is 11.5. The molecule has 1 aliphatic carbocycles. The summed E-state index contributed by atoms with van der Waals surface area (Å²) in [6.45, 7) is 12.3. The summed E-state index contributed by atoms with van der Waals surface area (Å²) < 4.78 is 12.7. The summed E-state index contributed by atoms with van der Waals surface area (Å²) in [7, 11) is 1.72. The van der Waals surface area contributed by atoms with Gasteiger partial charge in [0.15, 0.2) is 5.75 Å². The van der Waals surface area contributed by atoms with E-state index in [-0.39, 0.29) is 12.0 Å². The molecule has 1 N–H and O–H groups in total. The summed E-state index contributed by atoms with van der Waals surface area (Å²) in [6, 6.07) is 3.71. The number of ether oxygens (including phenoxy) is 2. The summed E-state index contributed by atoms with van der Waals surface area (Å²) in [5.41, 5.74) is 3.12. The Labute approximate surface area is 186 Å². The quantitative estimate of drug-likeness (QED) is 0.477. The number of aryl methyl sites for hydroxylation is 1. The van der Waals surface area contributed by atoms with Gasteiger partial charge >= 0.3 is 0 Å².